The summed E-state index contributed by atoms with van der Waals surface area (Å²) in [4.78, 5) is 16.4. The number of carbonyl (C=O) groups excluding carboxylic acids is 1. The molecular weight excluding hydrogens is 266 g/mol. The van der Waals surface area contributed by atoms with Crippen LogP contribution in [0.15, 0.2) is 0 Å². The first-order valence-electron chi connectivity index (χ1n) is 8.43. The van der Waals surface area contributed by atoms with Crippen LogP contribution >= 0.6 is 0 Å². The summed E-state index contributed by atoms with van der Waals surface area (Å²) in [6.07, 6.45) is 7.82. The Morgan fingerprint density at radius 1 is 1.33 bits per heavy atom. The molecule has 0 bridgehead atoms. The molecule has 2 saturated heterocycles. The molecule has 1 N–H and O–H groups in total. The minimum absolute atomic E-state index is 0.0301. The summed E-state index contributed by atoms with van der Waals surface area (Å²) in [5.74, 6) is 0.204. The molecule has 1 spiro atoms. The highest BCUT2D eigenvalue weighted by Gasteiger charge is 2.43. The highest BCUT2D eigenvalue weighted by atomic mass is 16.5. The number of piperazine rings is 1. The van der Waals surface area contributed by atoms with Gasteiger partial charge in [0.05, 0.1) is 11.7 Å². The lowest BCUT2D eigenvalue weighted by Crippen LogP contribution is -2.59. The SMILES string of the molecule is CN(C)C(=O)C1CNCCN1CC1CCC2(CCCC2)O1. The zero-order valence-electron chi connectivity index (χ0n) is 13.4. The monoisotopic (exact) mass is 295 g/mol. The second-order valence-corrected chi connectivity index (χ2v) is 7.12. The summed E-state index contributed by atoms with van der Waals surface area (Å²) in [5, 5.41) is 3.34. The van der Waals surface area contributed by atoms with Crippen molar-refractivity contribution in [2.45, 2.75) is 56.3 Å². The van der Waals surface area contributed by atoms with Gasteiger partial charge in [-0.2, -0.15) is 0 Å². The largest absolute Gasteiger partial charge is 0.370 e. The number of hydrogen-bond donors (Lipinski definition) is 1. The van der Waals surface area contributed by atoms with E-state index in [1.165, 1.54) is 32.1 Å². The highest BCUT2D eigenvalue weighted by Crippen LogP contribution is 2.43. The van der Waals surface area contributed by atoms with E-state index in [1.807, 2.05) is 14.1 Å². The van der Waals surface area contributed by atoms with Gasteiger partial charge in [0.25, 0.3) is 0 Å². The topological polar surface area (TPSA) is 44.8 Å². The summed E-state index contributed by atoms with van der Waals surface area (Å²) in [5.41, 5.74) is 0.194. The van der Waals surface area contributed by atoms with E-state index in [1.54, 1.807) is 4.90 Å². The summed E-state index contributed by atoms with van der Waals surface area (Å²) < 4.78 is 6.41. The number of carbonyl (C=O) groups is 1. The molecule has 2 heterocycles. The number of rotatable bonds is 3. The van der Waals surface area contributed by atoms with E-state index in [4.69, 9.17) is 4.74 Å². The lowest BCUT2D eigenvalue weighted by Gasteiger charge is -2.38. The van der Waals surface area contributed by atoms with Crippen molar-refractivity contribution >= 4 is 5.91 Å². The van der Waals surface area contributed by atoms with Gasteiger partial charge >= 0.3 is 0 Å². The molecule has 0 radical (unpaired) electrons. The first-order valence-corrected chi connectivity index (χ1v) is 8.43. The minimum Gasteiger partial charge on any atom is -0.370 e. The molecule has 1 amide bonds. The van der Waals surface area contributed by atoms with Crippen LogP contribution in [0.5, 0.6) is 0 Å². The Hall–Kier alpha value is -0.650. The van der Waals surface area contributed by atoms with Crippen LogP contribution in [-0.4, -0.2) is 73.7 Å². The molecule has 2 atom stereocenters. The molecule has 5 nitrogen and oxygen atoms in total. The lowest BCUT2D eigenvalue weighted by atomic mass is 9.98. The van der Waals surface area contributed by atoms with E-state index in [0.717, 1.165) is 32.6 Å². The van der Waals surface area contributed by atoms with E-state index in [0.29, 0.717) is 6.10 Å². The Bertz CT molecular complexity index is 380. The quantitative estimate of drug-likeness (QED) is 0.838. The summed E-state index contributed by atoms with van der Waals surface area (Å²) >= 11 is 0. The maximum atomic E-state index is 12.3. The normalized spacial score (nSPS) is 32.7. The van der Waals surface area contributed by atoms with Gasteiger partial charge in [-0.3, -0.25) is 9.69 Å². The maximum absolute atomic E-state index is 12.3. The number of likely N-dealkylation sites (N-methyl/N-ethyl adjacent to an activating group) is 1. The van der Waals surface area contributed by atoms with Gasteiger partial charge in [-0.1, -0.05) is 12.8 Å². The molecule has 1 saturated carbocycles. The van der Waals surface area contributed by atoms with Gasteiger partial charge in [0.15, 0.2) is 0 Å². The van der Waals surface area contributed by atoms with Gasteiger partial charge in [0.1, 0.15) is 6.04 Å². The molecule has 3 fully saturated rings. The predicted octanol–water partition coefficient (Wildman–Crippen LogP) is 0.840. The van der Waals surface area contributed by atoms with Crippen LogP contribution in [0.4, 0.5) is 0 Å². The van der Waals surface area contributed by atoms with Crippen molar-refractivity contribution in [2.75, 3.05) is 40.3 Å². The Labute approximate surface area is 128 Å². The van der Waals surface area contributed by atoms with Gasteiger partial charge in [0.2, 0.25) is 5.91 Å². The van der Waals surface area contributed by atoms with Gasteiger partial charge in [-0.15, -0.1) is 0 Å². The van der Waals surface area contributed by atoms with Crippen LogP contribution in [0.25, 0.3) is 0 Å². The smallest absolute Gasteiger partial charge is 0.240 e. The highest BCUT2D eigenvalue weighted by molar-refractivity contribution is 5.81. The second-order valence-electron chi connectivity index (χ2n) is 7.12. The van der Waals surface area contributed by atoms with Crippen molar-refractivity contribution in [3.63, 3.8) is 0 Å². The minimum atomic E-state index is -0.0301. The van der Waals surface area contributed by atoms with Gasteiger partial charge in [-0.05, 0) is 25.7 Å². The standard InChI is InChI=1S/C16H29N3O2/c1-18(2)15(20)14-11-17-9-10-19(14)12-13-5-8-16(21-13)6-3-4-7-16/h13-14,17H,3-12H2,1-2H3. The number of hydrogen-bond acceptors (Lipinski definition) is 4. The van der Waals surface area contributed by atoms with Crippen LogP contribution in [0.2, 0.25) is 0 Å². The molecule has 3 rings (SSSR count). The number of nitrogens with zero attached hydrogens (tertiary/aromatic N) is 2. The van der Waals surface area contributed by atoms with E-state index in [-0.39, 0.29) is 17.6 Å². The van der Waals surface area contributed by atoms with Crippen molar-refractivity contribution in [3.8, 4) is 0 Å². The molecule has 0 aromatic heterocycles. The second kappa shape index (κ2) is 6.23. The van der Waals surface area contributed by atoms with Crippen molar-refractivity contribution in [2.24, 2.45) is 0 Å². The van der Waals surface area contributed by atoms with E-state index >= 15 is 0 Å². The van der Waals surface area contributed by atoms with Crippen LogP contribution < -0.4 is 5.32 Å². The van der Waals surface area contributed by atoms with Crippen LogP contribution in [0, 0.1) is 0 Å². The van der Waals surface area contributed by atoms with Gasteiger partial charge in [0, 0.05) is 40.3 Å². The Morgan fingerprint density at radius 3 is 2.81 bits per heavy atom. The fourth-order valence-corrected chi connectivity index (χ4v) is 4.18. The van der Waals surface area contributed by atoms with Crippen LogP contribution in [0.3, 0.4) is 0 Å². The molecule has 0 aromatic rings. The lowest BCUT2D eigenvalue weighted by molar-refractivity contribution is -0.136. The zero-order chi connectivity index (χ0) is 14.9. The summed E-state index contributed by atoms with van der Waals surface area (Å²) in [6, 6.07) is -0.0301. The number of amides is 1. The van der Waals surface area contributed by atoms with E-state index in [9.17, 15) is 4.79 Å². The molecule has 21 heavy (non-hydrogen) atoms. The first-order chi connectivity index (χ1) is 10.1. The third-order valence-electron chi connectivity index (χ3n) is 5.37. The van der Waals surface area contributed by atoms with Crippen molar-refractivity contribution in [1.29, 1.82) is 0 Å². The number of nitrogens with one attached hydrogen (secondary N) is 1. The fourth-order valence-electron chi connectivity index (χ4n) is 4.18. The Morgan fingerprint density at radius 2 is 2.10 bits per heavy atom. The zero-order valence-corrected chi connectivity index (χ0v) is 13.4. The summed E-state index contributed by atoms with van der Waals surface area (Å²) in [6.45, 7) is 3.58. The van der Waals surface area contributed by atoms with Crippen molar-refractivity contribution < 1.29 is 9.53 Å². The van der Waals surface area contributed by atoms with Crippen LogP contribution in [-0.2, 0) is 9.53 Å². The average molecular weight is 295 g/mol. The molecule has 1 aliphatic carbocycles. The third kappa shape index (κ3) is 3.25. The molecule has 2 aliphatic heterocycles. The maximum Gasteiger partial charge on any atom is 0.240 e. The van der Waals surface area contributed by atoms with Gasteiger partial charge in [-0.25, -0.2) is 0 Å². The van der Waals surface area contributed by atoms with Gasteiger partial charge < -0.3 is 15.0 Å². The first kappa shape index (κ1) is 15.3. The summed E-state index contributed by atoms with van der Waals surface area (Å²) in [7, 11) is 3.68. The predicted molar refractivity (Wildman–Crippen MR) is 82.2 cm³/mol. The molecule has 2 unspecified atom stereocenters. The molecule has 3 aliphatic rings. The molecule has 120 valence electrons. The number of ether oxygens (including phenoxy) is 1. The molecule has 5 heteroatoms. The Balaban J connectivity index is 1.59. The fraction of sp³-hybridized carbons (Fsp3) is 0.938. The average Bonchev–Trinajstić information content (AvgIpc) is 3.09. The van der Waals surface area contributed by atoms with E-state index < -0.39 is 0 Å². The van der Waals surface area contributed by atoms with Crippen LogP contribution in [0.1, 0.15) is 38.5 Å². The molecule has 0 aromatic carbocycles. The van der Waals surface area contributed by atoms with Crippen molar-refractivity contribution in [1.82, 2.24) is 15.1 Å². The molecular formula is C16H29N3O2. The third-order valence-corrected chi connectivity index (χ3v) is 5.37. The van der Waals surface area contributed by atoms with E-state index in [2.05, 4.69) is 10.2 Å². The van der Waals surface area contributed by atoms with Crippen molar-refractivity contribution in [3.05, 3.63) is 0 Å². The Kier molecular flexibility index (Phi) is 4.52.